The van der Waals surface area contributed by atoms with Gasteiger partial charge in [0.25, 0.3) is 5.91 Å². The zero-order valence-corrected chi connectivity index (χ0v) is 12.1. The van der Waals surface area contributed by atoms with Gasteiger partial charge in [-0.05, 0) is 31.9 Å². The van der Waals surface area contributed by atoms with Crippen molar-refractivity contribution in [1.82, 2.24) is 10.3 Å². The summed E-state index contributed by atoms with van der Waals surface area (Å²) in [7, 11) is 0. The van der Waals surface area contributed by atoms with E-state index in [1.165, 1.54) is 6.92 Å². The molecule has 1 aliphatic rings. The van der Waals surface area contributed by atoms with E-state index < -0.39 is 17.9 Å². The first-order valence-electron chi connectivity index (χ1n) is 7.16. The summed E-state index contributed by atoms with van der Waals surface area (Å²) in [6.07, 6.45) is 1.91. The van der Waals surface area contributed by atoms with Crippen LogP contribution < -0.4 is 5.32 Å². The third-order valence-electron chi connectivity index (χ3n) is 3.56. The van der Waals surface area contributed by atoms with Gasteiger partial charge in [-0.3, -0.25) is 9.59 Å². The highest BCUT2D eigenvalue weighted by atomic mass is 16.4. The summed E-state index contributed by atoms with van der Waals surface area (Å²) in [5.74, 6) is -0.466. The zero-order chi connectivity index (χ0) is 15.7. The van der Waals surface area contributed by atoms with Gasteiger partial charge in [0, 0.05) is 11.5 Å². The maximum Gasteiger partial charge on any atom is 0.325 e. The van der Waals surface area contributed by atoms with Crippen LogP contribution in [-0.2, 0) is 4.79 Å². The van der Waals surface area contributed by atoms with Gasteiger partial charge in [-0.25, -0.2) is 4.98 Å². The van der Waals surface area contributed by atoms with E-state index in [2.05, 4.69) is 10.3 Å². The molecule has 0 saturated heterocycles. The van der Waals surface area contributed by atoms with Gasteiger partial charge < -0.3 is 14.8 Å². The molecule has 1 heterocycles. The van der Waals surface area contributed by atoms with E-state index in [0.29, 0.717) is 11.7 Å². The van der Waals surface area contributed by atoms with Gasteiger partial charge in [0.15, 0.2) is 5.69 Å². The van der Waals surface area contributed by atoms with Crippen molar-refractivity contribution in [3.63, 3.8) is 0 Å². The van der Waals surface area contributed by atoms with Crippen LogP contribution in [0, 0.1) is 0 Å². The lowest BCUT2D eigenvalue weighted by atomic mass is 10.2. The summed E-state index contributed by atoms with van der Waals surface area (Å²) in [5.41, 5.74) is 0.976. The molecule has 6 heteroatoms. The van der Waals surface area contributed by atoms with Crippen molar-refractivity contribution in [2.24, 2.45) is 0 Å². The smallest absolute Gasteiger partial charge is 0.325 e. The van der Waals surface area contributed by atoms with E-state index in [-0.39, 0.29) is 11.6 Å². The minimum Gasteiger partial charge on any atom is -0.480 e. The number of carboxylic acid groups (broad SMARTS) is 1. The Morgan fingerprint density at radius 2 is 2.00 bits per heavy atom. The number of rotatable bonds is 5. The molecule has 3 rings (SSSR count). The Morgan fingerprint density at radius 1 is 1.32 bits per heavy atom. The van der Waals surface area contributed by atoms with Gasteiger partial charge in [0.05, 0.1) is 0 Å². The Balaban J connectivity index is 1.91. The van der Waals surface area contributed by atoms with Gasteiger partial charge >= 0.3 is 5.97 Å². The lowest BCUT2D eigenvalue weighted by Crippen LogP contribution is -2.38. The molecule has 114 valence electrons. The highest BCUT2D eigenvalue weighted by Crippen LogP contribution is 2.43. The van der Waals surface area contributed by atoms with Crippen molar-refractivity contribution in [2.75, 3.05) is 0 Å². The molecule has 1 aromatic carbocycles. The van der Waals surface area contributed by atoms with E-state index in [4.69, 9.17) is 9.52 Å². The number of carbonyl (C=O) groups excluding carboxylic acids is 1. The van der Waals surface area contributed by atoms with Gasteiger partial charge in [0.2, 0.25) is 5.89 Å². The van der Waals surface area contributed by atoms with Crippen LogP contribution in [-0.4, -0.2) is 28.0 Å². The van der Waals surface area contributed by atoms with Gasteiger partial charge in [0.1, 0.15) is 11.8 Å². The Labute approximate surface area is 127 Å². The summed E-state index contributed by atoms with van der Waals surface area (Å²) in [6, 6.07) is 8.34. The standard InChI is InChI=1S/C16H16N2O4/c1-9(16(20)21)17-14(19)12-13(10-7-8-10)22-15(18-12)11-5-3-2-4-6-11/h2-6,9-10H,7-8H2,1H3,(H,17,19)(H,20,21)/t9-/m1/s1. The van der Waals surface area contributed by atoms with Crippen molar-refractivity contribution in [1.29, 1.82) is 0 Å². The molecular weight excluding hydrogens is 284 g/mol. The summed E-state index contributed by atoms with van der Waals surface area (Å²) >= 11 is 0. The Kier molecular flexibility index (Phi) is 3.66. The number of carbonyl (C=O) groups is 2. The fourth-order valence-electron chi connectivity index (χ4n) is 2.15. The molecule has 1 aliphatic carbocycles. The second-order valence-corrected chi connectivity index (χ2v) is 5.41. The van der Waals surface area contributed by atoms with Crippen molar-refractivity contribution in [2.45, 2.75) is 31.7 Å². The number of aliphatic carboxylic acids is 1. The SMILES string of the molecule is C[C@@H](NC(=O)c1nc(-c2ccccc2)oc1C1CC1)C(=O)O. The van der Waals surface area contributed by atoms with Crippen LogP contribution in [0.3, 0.4) is 0 Å². The van der Waals surface area contributed by atoms with Crippen molar-refractivity contribution >= 4 is 11.9 Å². The number of hydrogen-bond acceptors (Lipinski definition) is 4. The molecule has 1 amide bonds. The lowest BCUT2D eigenvalue weighted by molar-refractivity contribution is -0.138. The second kappa shape index (κ2) is 5.63. The molecular formula is C16H16N2O4. The molecule has 1 fully saturated rings. The minimum absolute atomic E-state index is 0.189. The number of nitrogens with zero attached hydrogens (tertiary/aromatic N) is 1. The largest absolute Gasteiger partial charge is 0.480 e. The number of aromatic nitrogens is 1. The molecule has 22 heavy (non-hydrogen) atoms. The van der Waals surface area contributed by atoms with Crippen LogP contribution >= 0.6 is 0 Å². The zero-order valence-electron chi connectivity index (χ0n) is 12.1. The van der Waals surface area contributed by atoms with Crippen LogP contribution in [0.25, 0.3) is 11.5 Å². The van der Waals surface area contributed by atoms with E-state index in [1.807, 2.05) is 30.3 Å². The average molecular weight is 300 g/mol. The predicted molar refractivity (Wildman–Crippen MR) is 78.5 cm³/mol. The molecule has 0 aliphatic heterocycles. The van der Waals surface area contributed by atoms with Crippen molar-refractivity contribution in [3.8, 4) is 11.5 Å². The summed E-state index contributed by atoms with van der Waals surface area (Å²) in [5, 5.41) is 11.3. The predicted octanol–water partition coefficient (Wildman–Crippen LogP) is 2.42. The molecule has 1 atom stereocenters. The normalized spacial score (nSPS) is 15.3. The number of oxazole rings is 1. The molecule has 2 N–H and O–H groups in total. The first-order chi connectivity index (χ1) is 10.6. The van der Waals surface area contributed by atoms with Crippen molar-refractivity contribution in [3.05, 3.63) is 41.8 Å². The first-order valence-corrected chi connectivity index (χ1v) is 7.16. The van der Waals surface area contributed by atoms with E-state index in [1.54, 1.807) is 0 Å². The summed E-state index contributed by atoms with van der Waals surface area (Å²) in [6.45, 7) is 1.41. The third-order valence-corrected chi connectivity index (χ3v) is 3.56. The number of benzene rings is 1. The van der Waals surface area contributed by atoms with Gasteiger partial charge in [-0.1, -0.05) is 18.2 Å². The lowest BCUT2D eigenvalue weighted by Gasteiger charge is -2.07. The van der Waals surface area contributed by atoms with Gasteiger partial charge in [-0.2, -0.15) is 0 Å². The molecule has 6 nitrogen and oxygen atoms in total. The summed E-state index contributed by atoms with van der Waals surface area (Å²) in [4.78, 5) is 27.4. The average Bonchev–Trinajstić information content (AvgIpc) is 3.26. The molecule has 0 unspecified atom stereocenters. The molecule has 1 aromatic heterocycles. The maximum atomic E-state index is 12.3. The second-order valence-electron chi connectivity index (χ2n) is 5.41. The quantitative estimate of drug-likeness (QED) is 0.884. The van der Waals surface area contributed by atoms with E-state index in [9.17, 15) is 9.59 Å². The van der Waals surface area contributed by atoms with Crippen LogP contribution in [0.2, 0.25) is 0 Å². The van der Waals surface area contributed by atoms with E-state index in [0.717, 1.165) is 18.4 Å². The Morgan fingerprint density at radius 3 is 2.59 bits per heavy atom. The number of amides is 1. The Hall–Kier alpha value is -2.63. The maximum absolute atomic E-state index is 12.3. The van der Waals surface area contributed by atoms with Crippen LogP contribution in [0.5, 0.6) is 0 Å². The monoisotopic (exact) mass is 300 g/mol. The highest BCUT2D eigenvalue weighted by Gasteiger charge is 2.34. The number of hydrogen-bond donors (Lipinski definition) is 2. The van der Waals surface area contributed by atoms with Crippen LogP contribution in [0.1, 0.15) is 41.9 Å². The topological polar surface area (TPSA) is 92.4 Å². The minimum atomic E-state index is -1.09. The molecule has 0 bridgehead atoms. The first kappa shape index (κ1) is 14.3. The fraction of sp³-hybridized carbons (Fsp3) is 0.312. The molecule has 1 saturated carbocycles. The Bertz CT molecular complexity index is 704. The van der Waals surface area contributed by atoms with Crippen molar-refractivity contribution < 1.29 is 19.1 Å². The molecule has 2 aromatic rings. The number of carboxylic acids is 1. The third kappa shape index (κ3) is 2.86. The number of nitrogens with one attached hydrogen (secondary N) is 1. The van der Waals surface area contributed by atoms with Gasteiger partial charge in [-0.15, -0.1) is 0 Å². The van der Waals surface area contributed by atoms with Crippen LogP contribution in [0.15, 0.2) is 34.7 Å². The van der Waals surface area contributed by atoms with Crippen LogP contribution in [0.4, 0.5) is 0 Å². The molecule has 0 radical (unpaired) electrons. The fourth-order valence-corrected chi connectivity index (χ4v) is 2.15. The highest BCUT2D eigenvalue weighted by molar-refractivity contribution is 5.96. The summed E-state index contributed by atoms with van der Waals surface area (Å²) < 4.78 is 5.77. The van der Waals surface area contributed by atoms with E-state index >= 15 is 0 Å². The molecule has 0 spiro atoms.